The van der Waals surface area contributed by atoms with Gasteiger partial charge in [-0.3, -0.25) is 4.90 Å². The number of amides is 1. The Morgan fingerprint density at radius 2 is 1.54 bits per heavy atom. The molecule has 3 fully saturated rings. The minimum Gasteiger partial charge on any atom is -0.441 e. The molecule has 3 aliphatic rings. The number of hydrogen-bond donors (Lipinski definition) is 0. The zero-order chi connectivity index (χ0) is 33.6. The summed E-state index contributed by atoms with van der Waals surface area (Å²) in [6.45, 7) is 13.4. The van der Waals surface area contributed by atoms with Crippen LogP contribution >= 0.6 is 11.6 Å². The average molecular weight is 692 g/mol. The van der Waals surface area contributed by atoms with Crippen molar-refractivity contribution in [3.8, 4) is 0 Å². The summed E-state index contributed by atoms with van der Waals surface area (Å²) in [7, 11) is -2.84. The maximum atomic E-state index is 13.5. The van der Waals surface area contributed by atoms with Crippen molar-refractivity contribution in [1.82, 2.24) is 5.16 Å². The Balaban J connectivity index is 1.20. The zero-order valence-electron chi connectivity index (χ0n) is 28.0. The molecule has 10 nitrogen and oxygen atoms in total. The van der Waals surface area contributed by atoms with Crippen LogP contribution in [0.1, 0.15) is 46.5 Å². The van der Waals surface area contributed by atoms with Crippen LogP contribution in [0.2, 0.25) is 10.1 Å². The summed E-state index contributed by atoms with van der Waals surface area (Å²) in [5.74, 6) is 0.333. The second-order valence-corrected chi connectivity index (χ2v) is 18.5. The van der Waals surface area contributed by atoms with E-state index in [-0.39, 0.29) is 30.4 Å². The predicted octanol–water partition coefficient (Wildman–Crippen LogP) is 6.04. The van der Waals surface area contributed by atoms with Crippen molar-refractivity contribution in [3.63, 3.8) is 0 Å². The van der Waals surface area contributed by atoms with Crippen LogP contribution in [0, 0.1) is 0 Å². The van der Waals surface area contributed by atoms with Crippen LogP contribution in [0.3, 0.4) is 0 Å². The fraction of sp³-hybridized carbons (Fsp3) is 0.444. The number of fused-ring (bicyclic) bond motifs is 1. The van der Waals surface area contributed by atoms with Crippen molar-refractivity contribution < 1.29 is 32.7 Å². The van der Waals surface area contributed by atoms with Gasteiger partial charge in [-0.05, 0) is 35.3 Å². The van der Waals surface area contributed by atoms with Crippen molar-refractivity contribution in [2.75, 3.05) is 49.3 Å². The lowest BCUT2D eigenvalue weighted by molar-refractivity contribution is -0.0443. The van der Waals surface area contributed by atoms with Gasteiger partial charge in [0, 0.05) is 18.7 Å². The van der Waals surface area contributed by atoms with Crippen molar-refractivity contribution in [1.29, 1.82) is 0 Å². The molecule has 0 aliphatic carbocycles. The Hall–Kier alpha value is -3.45. The lowest BCUT2D eigenvalue weighted by atomic mass is 10.1. The molecule has 3 atom stereocenters. The van der Waals surface area contributed by atoms with E-state index >= 15 is 0 Å². The predicted molar refractivity (Wildman–Crippen MR) is 187 cm³/mol. The molecule has 0 saturated carbocycles. The van der Waals surface area contributed by atoms with Crippen LogP contribution in [0.25, 0.3) is 11.0 Å². The van der Waals surface area contributed by atoms with E-state index < -0.39 is 26.8 Å². The first-order valence-corrected chi connectivity index (χ1v) is 18.8. The zero-order valence-corrected chi connectivity index (χ0v) is 29.7. The van der Waals surface area contributed by atoms with E-state index in [9.17, 15) is 4.79 Å². The van der Waals surface area contributed by atoms with Crippen molar-refractivity contribution in [2.45, 2.75) is 64.3 Å². The highest BCUT2D eigenvalue weighted by Crippen LogP contribution is 2.46. The number of halogens is 1. The van der Waals surface area contributed by atoms with Gasteiger partial charge in [-0.25, -0.2) is 4.79 Å². The van der Waals surface area contributed by atoms with Crippen LogP contribution in [-0.4, -0.2) is 77.3 Å². The van der Waals surface area contributed by atoms with E-state index in [0.29, 0.717) is 48.1 Å². The number of carbonyl (C=O) groups is 1. The third-order valence-corrected chi connectivity index (χ3v) is 14.7. The fourth-order valence-corrected chi connectivity index (χ4v) is 12.3. The smallest absolute Gasteiger partial charge is 0.416 e. The number of anilines is 2. The largest absolute Gasteiger partial charge is 0.441 e. The highest BCUT2D eigenvalue weighted by atomic mass is 35.5. The second-order valence-electron chi connectivity index (χ2n) is 13.8. The Kier molecular flexibility index (Phi) is 9.03. The van der Waals surface area contributed by atoms with Gasteiger partial charge in [0.05, 0.1) is 49.6 Å². The number of nitrogens with zero attached hydrogens (tertiary/aromatic N) is 3. The number of cyclic esters (lactones) is 1. The van der Waals surface area contributed by atoms with Crippen LogP contribution in [0.4, 0.5) is 16.3 Å². The minimum absolute atomic E-state index is 0.00597. The molecule has 3 aromatic carbocycles. The molecule has 3 aliphatic heterocycles. The first-order valence-electron chi connectivity index (χ1n) is 16.6. The Morgan fingerprint density at radius 1 is 0.938 bits per heavy atom. The molecular weight excluding hydrogens is 650 g/mol. The molecule has 0 N–H and O–H groups in total. The van der Waals surface area contributed by atoms with Crippen molar-refractivity contribution >= 4 is 58.9 Å². The quantitative estimate of drug-likeness (QED) is 0.205. The SMILES string of the molecule is C[C@@H]1CN(c2c(C3OCCO3)cc3c(N4CC(CO[Si](c5ccccc5)(c5ccccc5)C(C)(C)C)OC4=O)noc3c2Cl)C[C@@H](C)O1. The summed E-state index contributed by atoms with van der Waals surface area (Å²) in [4.78, 5) is 17.2. The molecule has 1 unspecified atom stereocenters. The Morgan fingerprint density at radius 3 is 2.12 bits per heavy atom. The summed E-state index contributed by atoms with van der Waals surface area (Å²) in [5, 5.41) is 7.43. The molecular formula is C36H42ClN3O7Si. The molecule has 48 heavy (non-hydrogen) atoms. The Labute approximate surface area is 286 Å². The molecule has 1 aromatic heterocycles. The van der Waals surface area contributed by atoms with Gasteiger partial charge in [0.2, 0.25) is 0 Å². The van der Waals surface area contributed by atoms with Crippen LogP contribution in [-0.2, 0) is 23.4 Å². The monoisotopic (exact) mass is 691 g/mol. The van der Waals surface area contributed by atoms with Crippen molar-refractivity contribution in [3.05, 3.63) is 77.3 Å². The molecule has 0 radical (unpaired) electrons. The van der Waals surface area contributed by atoms with E-state index in [1.807, 2.05) is 32.0 Å². The van der Waals surface area contributed by atoms with Crippen LogP contribution in [0.5, 0.6) is 0 Å². The molecule has 254 valence electrons. The number of aromatic nitrogens is 1. The normalized spacial score (nSPS) is 22.5. The highest BCUT2D eigenvalue weighted by Gasteiger charge is 2.51. The van der Waals surface area contributed by atoms with Gasteiger partial charge in [-0.15, -0.1) is 0 Å². The van der Waals surface area contributed by atoms with E-state index in [1.54, 1.807) is 0 Å². The number of benzene rings is 3. The molecule has 0 bridgehead atoms. The van der Waals surface area contributed by atoms with E-state index in [4.69, 9.17) is 39.5 Å². The number of hydrogen-bond acceptors (Lipinski definition) is 9. The third-order valence-electron chi connectivity index (χ3n) is 9.33. The molecule has 7 rings (SSSR count). The van der Waals surface area contributed by atoms with E-state index in [1.165, 1.54) is 4.90 Å². The Bertz CT molecular complexity index is 1710. The third kappa shape index (κ3) is 5.90. The average Bonchev–Trinajstić information content (AvgIpc) is 3.82. The van der Waals surface area contributed by atoms with Crippen LogP contribution < -0.4 is 20.2 Å². The van der Waals surface area contributed by atoms with Gasteiger partial charge in [0.15, 0.2) is 17.7 Å². The number of ether oxygens (including phenoxy) is 4. The van der Waals surface area contributed by atoms with Gasteiger partial charge in [0.25, 0.3) is 8.32 Å². The van der Waals surface area contributed by atoms with Gasteiger partial charge in [-0.2, -0.15) is 0 Å². The fourth-order valence-electron chi connectivity index (χ4n) is 7.39. The topological polar surface area (TPSA) is 95.7 Å². The summed E-state index contributed by atoms with van der Waals surface area (Å²) in [6, 6.07) is 22.7. The number of carbonyl (C=O) groups excluding carboxylic acids is 1. The maximum absolute atomic E-state index is 13.5. The molecule has 3 saturated heterocycles. The molecule has 12 heteroatoms. The lowest BCUT2D eigenvalue weighted by Crippen LogP contribution is -2.67. The van der Waals surface area contributed by atoms with E-state index in [2.05, 4.69) is 79.4 Å². The first-order chi connectivity index (χ1) is 23.1. The van der Waals surface area contributed by atoms with Crippen molar-refractivity contribution in [2.24, 2.45) is 0 Å². The van der Waals surface area contributed by atoms with Gasteiger partial charge >= 0.3 is 6.09 Å². The summed E-state index contributed by atoms with van der Waals surface area (Å²) >= 11 is 7.12. The maximum Gasteiger partial charge on any atom is 0.416 e. The second kappa shape index (κ2) is 13.1. The van der Waals surface area contributed by atoms with Gasteiger partial charge in [-0.1, -0.05) is 98.2 Å². The molecule has 0 spiro atoms. The highest BCUT2D eigenvalue weighted by molar-refractivity contribution is 6.99. The van der Waals surface area contributed by atoms with E-state index in [0.717, 1.165) is 21.6 Å². The summed E-state index contributed by atoms with van der Waals surface area (Å²) in [6.07, 6.45) is -1.65. The molecule has 4 heterocycles. The lowest BCUT2D eigenvalue weighted by Gasteiger charge is -2.43. The van der Waals surface area contributed by atoms with Gasteiger partial charge < -0.3 is 32.8 Å². The minimum atomic E-state index is -2.84. The summed E-state index contributed by atoms with van der Waals surface area (Å²) < 4.78 is 36.8. The number of morpholine rings is 1. The molecule has 1 amide bonds. The van der Waals surface area contributed by atoms with Gasteiger partial charge in [0.1, 0.15) is 11.1 Å². The van der Waals surface area contributed by atoms with Crippen LogP contribution in [0.15, 0.2) is 71.3 Å². The molecule has 4 aromatic rings. The number of rotatable bonds is 8. The first kappa shape index (κ1) is 33.1. The standard InChI is InChI=1S/C36H42ClN3O7Si/c1-23-19-39(20-24(2)45-23)31-28(34-42-16-17-43-34)18-29-32(30(31)37)47-38-33(29)40-21-25(46-35(40)41)22-44-48(36(3,4)5,26-12-8-6-9-13-26)27-14-10-7-11-15-27/h6-15,18,23-25,34H,16-17,19-22H2,1-5H3/t23-,24-,25?/m1/s1. The summed E-state index contributed by atoms with van der Waals surface area (Å²) in [5.41, 5.74) is 1.91.